The van der Waals surface area contributed by atoms with Crippen LogP contribution in [0.15, 0.2) is 0 Å². The van der Waals surface area contributed by atoms with E-state index < -0.39 is 47.0 Å². The van der Waals surface area contributed by atoms with Crippen LogP contribution in [0.25, 0.3) is 0 Å². The van der Waals surface area contributed by atoms with Gasteiger partial charge in [-0.3, -0.25) is 24.0 Å². The van der Waals surface area contributed by atoms with Crippen molar-refractivity contribution < 1.29 is 44.4 Å². The van der Waals surface area contributed by atoms with Crippen molar-refractivity contribution in [1.82, 2.24) is 0 Å². The minimum atomic E-state index is -3.82. The summed E-state index contributed by atoms with van der Waals surface area (Å²) >= 11 is 0. The Bertz CT molecular complexity index is 431. The monoisotopic (exact) mass is 291 g/mol. The molecule has 0 aromatic heterocycles. The van der Waals surface area contributed by atoms with E-state index >= 15 is 0 Å². The summed E-state index contributed by atoms with van der Waals surface area (Å²) in [6.45, 7) is 1.30. The van der Waals surface area contributed by atoms with E-state index in [1.807, 2.05) is 0 Å². The Balaban J connectivity index is 6.83. The first-order chi connectivity index (χ1) is 9.03. The lowest BCUT2D eigenvalue weighted by Crippen LogP contribution is -2.66. The third-order valence-corrected chi connectivity index (χ3v) is 3.01. The maximum atomic E-state index is 11.4. The van der Waals surface area contributed by atoms with E-state index in [0.717, 1.165) is 0 Å². The van der Waals surface area contributed by atoms with Crippen molar-refractivity contribution in [3.63, 3.8) is 0 Å². The van der Waals surface area contributed by atoms with Crippen molar-refractivity contribution >= 4 is 29.8 Å². The summed E-state index contributed by atoms with van der Waals surface area (Å²) in [6, 6.07) is 0. The number of carboxylic acid groups (broad SMARTS) is 4. The number of hydrogen-bond acceptors (Lipinski definition) is 5. The second-order valence-corrected chi connectivity index (χ2v) is 3.99. The van der Waals surface area contributed by atoms with Gasteiger partial charge in [0.2, 0.25) is 11.3 Å². The minimum Gasteiger partial charge on any atom is -0.480 e. The Morgan fingerprint density at radius 1 is 0.850 bits per heavy atom. The van der Waals surface area contributed by atoms with Gasteiger partial charge in [-0.05, 0) is 6.42 Å². The number of nitrogens with two attached hydrogens (primary N) is 1. The summed E-state index contributed by atoms with van der Waals surface area (Å²) in [5.74, 6) is -11.5. The number of carbonyl (C=O) groups excluding carboxylic acids is 1. The highest BCUT2D eigenvalue weighted by Crippen LogP contribution is 2.45. The highest BCUT2D eigenvalue weighted by Gasteiger charge is 2.74. The van der Waals surface area contributed by atoms with Crippen LogP contribution in [0.3, 0.4) is 0 Å². The van der Waals surface area contributed by atoms with Crippen LogP contribution in [0, 0.1) is 10.8 Å². The first-order valence-corrected chi connectivity index (χ1v) is 5.26. The molecule has 0 heterocycles. The van der Waals surface area contributed by atoms with Gasteiger partial charge < -0.3 is 26.2 Å². The van der Waals surface area contributed by atoms with Crippen LogP contribution in [0.5, 0.6) is 0 Å². The van der Waals surface area contributed by atoms with Crippen molar-refractivity contribution in [3.8, 4) is 0 Å². The number of carbonyl (C=O) groups is 5. The molecule has 10 nitrogen and oxygen atoms in total. The highest BCUT2D eigenvalue weighted by molar-refractivity contribution is 6.26. The Labute approximate surface area is 111 Å². The lowest BCUT2D eigenvalue weighted by molar-refractivity contribution is -0.197. The van der Waals surface area contributed by atoms with Gasteiger partial charge in [0.1, 0.15) is 0 Å². The minimum absolute atomic E-state index is 0.200. The Hall–Kier alpha value is -2.65. The lowest BCUT2D eigenvalue weighted by Gasteiger charge is -2.36. The molecule has 0 bridgehead atoms. The number of primary amides is 1. The van der Waals surface area contributed by atoms with Crippen molar-refractivity contribution in [2.45, 2.75) is 19.8 Å². The van der Waals surface area contributed by atoms with Crippen LogP contribution in [0.1, 0.15) is 19.8 Å². The van der Waals surface area contributed by atoms with Gasteiger partial charge in [0.15, 0.2) is 0 Å². The lowest BCUT2D eigenvalue weighted by atomic mass is 9.60. The number of aliphatic carboxylic acids is 4. The molecule has 0 aliphatic heterocycles. The van der Waals surface area contributed by atoms with Gasteiger partial charge in [-0.15, -0.1) is 0 Å². The molecule has 0 rings (SSSR count). The second kappa shape index (κ2) is 5.55. The average molecular weight is 291 g/mol. The molecular formula is C10H13NO9. The molecular weight excluding hydrogens is 278 g/mol. The molecule has 0 fully saturated rings. The fraction of sp³-hybridized carbons (Fsp3) is 0.500. The largest absolute Gasteiger partial charge is 0.480 e. The first kappa shape index (κ1) is 17.4. The summed E-state index contributed by atoms with van der Waals surface area (Å²) < 4.78 is 0. The zero-order chi connectivity index (χ0) is 16.3. The van der Waals surface area contributed by atoms with Crippen LogP contribution in [-0.4, -0.2) is 50.2 Å². The van der Waals surface area contributed by atoms with E-state index in [2.05, 4.69) is 0 Å². The molecule has 0 aliphatic rings. The third kappa shape index (κ3) is 1.94. The van der Waals surface area contributed by atoms with Crippen LogP contribution in [0.2, 0.25) is 0 Å². The van der Waals surface area contributed by atoms with Crippen LogP contribution >= 0.6 is 0 Å². The van der Waals surface area contributed by atoms with Crippen LogP contribution in [0.4, 0.5) is 0 Å². The topological polar surface area (TPSA) is 192 Å². The Morgan fingerprint density at radius 2 is 1.20 bits per heavy atom. The zero-order valence-electron chi connectivity index (χ0n) is 10.3. The van der Waals surface area contributed by atoms with Gasteiger partial charge >= 0.3 is 23.9 Å². The number of rotatable bonds is 8. The molecule has 0 saturated carbocycles. The van der Waals surface area contributed by atoms with Crippen molar-refractivity contribution in [2.75, 3.05) is 0 Å². The predicted octanol–water partition coefficient (Wildman–Crippen LogP) is -1.42. The first-order valence-electron chi connectivity index (χ1n) is 5.26. The quantitative estimate of drug-likeness (QED) is 0.334. The predicted molar refractivity (Wildman–Crippen MR) is 59.5 cm³/mol. The van der Waals surface area contributed by atoms with E-state index in [1.165, 1.54) is 6.92 Å². The fourth-order valence-electron chi connectivity index (χ4n) is 2.07. The van der Waals surface area contributed by atoms with E-state index in [-0.39, 0.29) is 6.42 Å². The fourth-order valence-corrected chi connectivity index (χ4v) is 2.07. The van der Waals surface area contributed by atoms with Gasteiger partial charge in [0, 0.05) is 0 Å². The molecule has 0 saturated heterocycles. The van der Waals surface area contributed by atoms with Gasteiger partial charge in [0.05, 0.1) is 0 Å². The molecule has 0 atom stereocenters. The SMILES string of the molecule is CCCC(C(=O)O)(C(=O)O)C(C(N)=O)(C(=O)O)C(=O)O. The third-order valence-electron chi connectivity index (χ3n) is 3.01. The summed E-state index contributed by atoms with van der Waals surface area (Å²) in [5, 5.41) is 36.2. The molecule has 1 amide bonds. The Kier molecular flexibility index (Phi) is 4.81. The number of carboxylic acids is 4. The van der Waals surface area contributed by atoms with Crippen molar-refractivity contribution in [2.24, 2.45) is 16.6 Å². The zero-order valence-corrected chi connectivity index (χ0v) is 10.3. The molecule has 0 aliphatic carbocycles. The van der Waals surface area contributed by atoms with Crippen molar-refractivity contribution in [3.05, 3.63) is 0 Å². The summed E-state index contributed by atoms with van der Waals surface area (Å²) in [4.78, 5) is 56.4. The Morgan fingerprint density at radius 3 is 1.35 bits per heavy atom. The van der Waals surface area contributed by atoms with E-state index in [1.54, 1.807) is 0 Å². The van der Waals surface area contributed by atoms with E-state index in [0.29, 0.717) is 0 Å². The molecule has 0 spiro atoms. The molecule has 112 valence electrons. The van der Waals surface area contributed by atoms with Gasteiger partial charge in [-0.1, -0.05) is 13.3 Å². The highest BCUT2D eigenvalue weighted by atomic mass is 16.4. The van der Waals surface area contributed by atoms with Gasteiger partial charge in [0.25, 0.3) is 5.41 Å². The van der Waals surface area contributed by atoms with E-state index in [9.17, 15) is 24.0 Å². The van der Waals surface area contributed by atoms with E-state index in [4.69, 9.17) is 26.2 Å². The second-order valence-electron chi connectivity index (χ2n) is 3.99. The maximum absolute atomic E-state index is 11.4. The molecule has 0 aromatic carbocycles. The van der Waals surface area contributed by atoms with Gasteiger partial charge in [-0.2, -0.15) is 0 Å². The molecule has 6 N–H and O–H groups in total. The standard InChI is InChI=1S/C10H13NO9/c1-2-3-9(5(13)14,6(15)16)10(4(11)12,7(17)18)8(19)20/h2-3H2,1H3,(H2,11,12)(H,13,14)(H,15,16)(H,17,18)(H,19,20). The smallest absolute Gasteiger partial charge is 0.332 e. The number of hydrogen-bond donors (Lipinski definition) is 5. The summed E-state index contributed by atoms with van der Waals surface area (Å²) in [7, 11) is 0. The molecule has 0 aromatic rings. The van der Waals surface area contributed by atoms with Crippen LogP contribution < -0.4 is 5.73 Å². The average Bonchev–Trinajstić information content (AvgIpc) is 2.25. The summed E-state index contributed by atoms with van der Waals surface area (Å²) in [5.41, 5.74) is -2.49. The van der Waals surface area contributed by atoms with Crippen LogP contribution in [-0.2, 0) is 24.0 Å². The molecule has 10 heteroatoms. The normalized spacial score (nSPS) is 11.7. The van der Waals surface area contributed by atoms with Gasteiger partial charge in [-0.25, -0.2) is 0 Å². The maximum Gasteiger partial charge on any atom is 0.332 e. The summed E-state index contributed by atoms with van der Waals surface area (Å²) in [6.07, 6.45) is -1.10. The molecule has 0 radical (unpaired) electrons. The molecule has 0 unspecified atom stereocenters. The van der Waals surface area contributed by atoms with Crippen molar-refractivity contribution in [1.29, 1.82) is 0 Å². The molecule has 20 heavy (non-hydrogen) atoms. The number of amides is 1.